The zero-order valence-electron chi connectivity index (χ0n) is 14.7. The normalized spacial score (nSPS) is 11.0. The molecule has 0 fully saturated rings. The van der Waals surface area contributed by atoms with Crippen LogP contribution in [-0.2, 0) is 13.1 Å². The van der Waals surface area contributed by atoms with Crippen LogP contribution in [0.2, 0.25) is 0 Å². The number of thiophene rings is 1. The van der Waals surface area contributed by atoms with E-state index < -0.39 is 0 Å². The van der Waals surface area contributed by atoms with E-state index in [0.29, 0.717) is 6.54 Å². The Morgan fingerprint density at radius 1 is 1.17 bits per heavy atom. The number of hydrogen-bond acceptors (Lipinski definition) is 2. The third-order valence-corrected chi connectivity index (χ3v) is 5.56. The molecule has 0 aliphatic heterocycles. The zero-order chi connectivity index (χ0) is 17.3. The van der Waals surface area contributed by atoms with Gasteiger partial charge in [-0.3, -0.25) is 4.79 Å². The fraction of sp³-hybridized carbons (Fsp3) is 0.300. The smallest absolute Gasteiger partial charge is 0.229 e. The van der Waals surface area contributed by atoms with E-state index in [0.717, 1.165) is 29.2 Å². The van der Waals surface area contributed by atoms with Crippen LogP contribution in [0.5, 0.6) is 0 Å². The third kappa shape index (κ3) is 3.20. The molecule has 0 spiro atoms. The second-order valence-electron chi connectivity index (χ2n) is 6.28. The first-order valence-electron chi connectivity index (χ1n) is 8.15. The molecule has 0 amide bonds. The number of Topliss-reactive ketones (excluding diaryl/α,β-unsaturated/α-hetero) is 1. The highest BCUT2D eigenvalue weighted by atomic mass is 32.1. The molecule has 3 rings (SSSR count). The Hall–Kier alpha value is -2.20. The summed E-state index contributed by atoms with van der Waals surface area (Å²) in [7, 11) is 0. The van der Waals surface area contributed by atoms with Crippen LogP contribution >= 0.6 is 11.3 Å². The van der Waals surface area contributed by atoms with Crippen molar-refractivity contribution in [1.29, 1.82) is 0 Å². The van der Waals surface area contributed by atoms with Gasteiger partial charge >= 0.3 is 0 Å². The van der Waals surface area contributed by atoms with Crippen molar-refractivity contribution in [3.05, 3.63) is 75.0 Å². The maximum atomic E-state index is 12.8. The van der Waals surface area contributed by atoms with Gasteiger partial charge in [0.1, 0.15) is 0 Å². The maximum Gasteiger partial charge on any atom is 0.229 e. The fourth-order valence-corrected chi connectivity index (χ4v) is 3.74. The summed E-state index contributed by atoms with van der Waals surface area (Å²) in [5.41, 5.74) is 5.36. The van der Waals surface area contributed by atoms with Crippen molar-refractivity contribution in [1.82, 2.24) is 4.57 Å². The van der Waals surface area contributed by atoms with Gasteiger partial charge in [0.25, 0.3) is 0 Å². The van der Waals surface area contributed by atoms with Crippen LogP contribution in [0.4, 0.5) is 0 Å². The second kappa shape index (κ2) is 6.73. The van der Waals surface area contributed by atoms with Crippen molar-refractivity contribution in [2.75, 3.05) is 0 Å². The number of nitrogens with zero attached hydrogens (tertiary/aromatic N) is 2. The molecule has 3 aromatic rings. The maximum absolute atomic E-state index is 12.8. The summed E-state index contributed by atoms with van der Waals surface area (Å²) in [6, 6.07) is 10.3. The third-order valence-electron chi connectivity index (χ3n) is 4.70. The molecule has 0 saturated heterocycles. The van der Waals surface area contributed by atoms with E-state index in [9.17, 15) is 4.79 Å². The number of carbonyl (C=O) groups is 1. The topological polar surface area (TPSA) is 25.9 Å². The van der Waals surface area contributed by atoms with Gasteiger partial charge in [-0.05, 0) is 44.4 Å². The largest absolute Gasteiger partial charge is 0.343 e. The standard InChI is InChI=1S/C20H23N2OS/c1-14-7-5-9-21(16(14)3)13-20(23)19-11-15(2)22(17(19)4)12-18-8-6-10-24-18/h5-11H,12-13H2,1-4H3/q+1. The van der Waals surface area contributed by atoms with Crippen LogP contribution in [0.25, 0.3) is 0 Å². The molecular formula is C20H23N2OS+. The number of pyridine rings is 1. The Kier molecular flexibility index (Phi) is 4.67. The summed E-state index contributed by atoms with van der Waals surface area (Å²) in [4.78, 5) is 14.1. The van der Waals surface area contributed by atoms with Gasteiger partial charge in [-0.1, -0.05) is 6.07 Å². The Labute approximate surface area is 147 Å². The first kappa shape index (κ1) is 16.7. The van der Waals surface area contributed by atoms with Gasteiger partial charge < -0.3 is 4.57 Å². The molecule has 0 unspecified atom stereocenters. The van der Waals surface area contributed by atoms with Crippen molar-refractivity contribution in [2.24, 2.45) is 0 Å². The predicted molar refractivity (Wildman–Crippen MR) is 97.8 cm³/mol. The van der Waals surface area contributed by atoms with E-state index in [1.807, 2.05) is 29.8 Å². The summed E-state index contributed by atoms with van der Waals surface area (Å²) >= 11 is 1.75. The predicted octanol–water partition coefficient (Wildman–Crippen LogP) is 4.00. The van der Waals surface area contributed by atoms with Crippen LogP contribution < -0.4 is 4.57 Å². The first-order valence-corrected chi connectivity index (χ1v) is 9.03. The lowest BCUT2D eigenvalue weighted by Crippen LogP contribution is -2.41. The summed E-state index contributed by atoms with van der Waals surface area (Å²) in [6.07, 6.45) is 1.98. The van der Waals surface area contributed by atoms with Crippen LogP contribution in [0.15, 0.2) is 41.9 Å². The lowest BCUT2D eigenvalue weighted by molar-refractivity contribution is -0.689. The van der Waals surface area contributed by atoms with Crippen molar-refractivity contribution < 1.29 is 9.36 Å². The Morgan fingerprint density at radius 3 is 2.67 bits per heavy atom. The molecule has 0 bridgehead atoms. The van der Waals surface area contributed by atoms with E-state index in [-0.39, 0.29) is 5.78 Å². The molecule has 0 radical (unpaired) electrons. The highest BCUT2D eigenvalue weighted by molar-refractivity contribution is 7.09. The quantitative estimate of drug-likeness (QED) is 0.509. The lowest BCUT2D eigenvalue weighted by atomic mass is 10.1. The van der Waals surface area contributed by atoms with Gasteiger partial charge in [0, 0.05) is 40.4 Å². The first-order chi connectivity index (χ1) is 11.5. The van der Waals surface area contributed by atoms with Gasteiger partial charge in [0.05, 0.1) is 6.54 Å². The van der Waals surface area contributed by atoms with Gasteiger partial charge in [0.15, 0.2) is 11.9 Å². The summed E-state index contributed by atoms with van der Waals surface area (Å²) in [6.45, 7) is 9.46. The van der Waals surface area contributed by atoms with Gasteiger partial charge in [0.2, 0.25) is 12.3 Å². The molecule has 0 N–H and O–H groups in total. The van der Waals surface area contributed by atoms with Crippen molar-refractivity contribution in [3.8, 4) is 0 Å². The van der Waals surface area contributed by atoms with Gasteiger partial charge in [-0.2, -0.15) is 4.57 Å². The SMILES string of the molecule is Cc1ccc[n+](CC(=O)c2cc(C)n(Cc3cccs3)c2C)c1C. The molecule has 3 aromatic heterocycles. The fourth-order valence-electron chi connectivity index (χ4n) is 3.05. The van der Waals surface area contributed by atoms with E-state index >= 15 is 0 Å². The summed E-state index contributed by atoms with van der Waals surface area (Å²) in [5.74, 6) is 0.166. The molecule has 4 heteroatoms. The second-order valence-corrected chi connectivity index (χ2v) is 7.31. The molecule has 24 heavy (non-hydrogen) atoms. The minimum Gasteiger partial charge on any atom is -0.343 e. The van der Waals surface area contributed by atoms with E-state index in [4.69, 9.17) is 0 Å². The van der Waals surface area contributed by atoms with Gasteiger partial charge in [-0.25, -0.2) is 0 Å². The van der Waals surface area contributed by atoms with Gasteiger partial charge in [-0.15, -0.1) is 11.3 Å². The molecule has 0 aliphatic rings. The van der Waals surface area contributed by atoms with E-state index in [2.05, 4.69) is 48.9 Å². The van der Waals surface area contributed by atoms with Crippen LogP contribution in [-0.4, -0.2) is 10.4 Å². The Morgan fingerprint density at radius 2 is 1.96 bits per heavy atom. The van der Waals surface area contributed by atoms with Crippen molar-refractivity contribution in [3.63, 3.8) is 0 Å². The van der Waals surface area contributed by atoms with Crippen LogP contribution in [0, 0.1) is 27.7 Å². The summed E-state index contributed by atoms with van der Waals surface area (Å²) < 4.78 is 4.26. The zero-order valence-corrected chi connectivity index (χ0v) is 15.5. The number of aryl methyl sites for hydroxylation is 2. The molecule has 3 heterocycles. The minimum atomic E-state index is 0.166. The number of aromatic nitrogens is 2. The van der Waals surface area contributed by atoms with Crippen molar-refractivity contribution in [2.45, 2.75) is 40.8 Å². The highest BCUT2D eigenvalue weighted by Gasteiger charge is 2.20. The molecule has 0 saturated carbocycles. The van der Waals surface area contributed by atoms with Crippen LogP contribution in [0.1, 0.15) is 37.9 Å². The summed E-state index contributed by atoms with van der Waals surface area (Å²) in [5, 5.41) is 2.09. The minimum absolute atomic E-state index is 0.166. The molecule has 0 aromatic carbocycles. The number of ketones is 1. The molecule has 0 aliphatic carbocycles. The Bertz CT molecular complexity index is 875. The average molecular weight is 339 g/mol. The lowest BCUT2D eigenvalue weighted by Gasteiger charge is -2.08. The number of rotatable bonds is 5. The Balaban J connectivity index is 1.87. The molecule has 0 atom stereocenters. The number of hydrogen-bond donors (Lipinski definition) is 0. The average Bonchev–Trinajstić information content (AvgIpc) is 3.15. The molecule has 3 nitrogen and oxygen atoms in total. The number of carbonyl (C=O) groups excluding carboxylic acids is 1. The molecular weight excluding hydrogens is 316 g/mol. The van der Waals surface area contributed by atoms with E-state index in [1.165, 1.54) is 10.4 Å². The van der Waals surface area contributed by atoms with Crippen LogP contribution in [0.3, 0.4) is 0 Å². The van der Waals surface area contributed by atoms with E-state index in [1.54, 1.807) is 11.3 Å². The van der Waals surface area contributed by atoms with Crippen molar-refractivity contribution >= 4 is 17.1 Å². The molecule has 124 valence electrons. The monoisotopic (exact) mass is 339 g/mol. The highest BCUT2D eigenvalue weighted by Crippen LogP contribution is 2.19.